The molecule has 0 spiro atoms. The first-order valence-corrected chi connectivity index (χ1v) is 9.83. The van der Waals surface area contributed by atoms with Crippen LogP contribution in [-0.4, -0.2) is 26.1 Å². The van der Waals surface area contributed by atoms with E-state index in [1.165, 1.54) is 16.2 Å². The van der Waals surface area contributed by atoms with Crippen LogP contribution in [0.15, 0.2) is 78.9 Å². The van der Waals surface area contributed by atoms with Crippen LogP contribution in [0, 0.1) is 0 Å². The molecule has 3 rings (SSSR count). The molecule has 0 saturated carbocycles. The molecule has 0 aliphatic rings. The molecule has 0 unspecified atom stereocenters. The molecular formula is C22H24NO2P. The summed E-state index contributed by atoms with van der Waals surface area (Å²) < 4.78 is 12.1. The minimum atomic E-state index is -0.975. The lowest BCUT2D eigenvalue weighted by Gasteiger charge is -2.21. The summed E-state index contributed by atoms with van der Waals surface area (Å²) in [5.74, 6) is 1.54. The summed E-state index contributed by atoms with van der Waals surface area (Å²) in [5.41, 5.74) is 1.20. The highest BCUT2D eigenvalue weighted by Crippen LogP contribution is 2.41. The highest BCUT2D eigenvalue weighted by Gasteiger charge is 2.19. The molecule has 0 aliphatic heterocycles. The van der Waals surface area contributed by atoms with Crippen LogP contribution in [0.5, 0.6) is 11.5 Å². The van der Waals surface area contributed by atoms with Crippen LogP contribution in [-0.2, 0) is 6.54 Å². The van der Waals surface area contributed by atoms with Crippen molar-refractivity contribution in [3.63, 3.8) is 0 Å². The van der Waals surface area contributed by atoms with Crippen LogP contribution >= 0.6 is 8.15 Å². The fraction of sp³-hybridized carbons (Fsp3) is 0.182. The van der Waals surface area contributed by atoms with Crippen molar-refractivity contribution in [3.8, 4) is 11.5 Å². The number of ether oxygens (including phenoxy) is 1. The van der Waals surface area contributed by atoms with Gasteiger partial charge in [0.1, 0.15) is 0 Å². The number of hydrogen-bond acceptors (Lipinski definition) is 3. The number of hydrogen-bond donors (Lipinski definition) is 0. The molecule has 0 fully saturated rings. The topological polar surface area (TPSA) is 21.7 Å². The SMILES string of the molecule is COc1ccc(CN(C)C)cc1OP(c1ccccc1)c1ccccc1. The molecule has 0 aliphatic carbocycles. The fourth-order valence-electron chi connectivity index (χ4n) is 2.74. The Hall–Kier alpha value is -2.35. The van der Waals surface area contributed by atoms with E-state index in [0.717, 1.165) is 18.0 Å². The zero-order valence-corrected chi connectivity index (χ0v) is 16.3. The quantitative estimate of drug-likeness (QED) is 0.586. The van der Waals surface area contributed by atoms with Gasteiger partial charge in [0.15, 0.2) is 19.6 Å². The Balaban J connectivity index is 1.99. The van der Waals surface area contributed by atoms with Crippen molar-refractivity contribution >= 4 is 18.8 Å². The zero-order chi connectivity index (χ0) is 18.4. The Morgan fingerprint density at radius 1 is 0.769 bits per heavy atom. The summed E-state index contributed by atoms with van der Waals surface area (Å²) in [6.45, 7) is 0.856. The second-order valence-electron chi connectivity index (χ2n) is 6.28. The number of rotatable bonds is 7. The Bertz CT molecular complexity index is 783. The van der Waals surface area contributed by atoms with E-state index in [0.29, 0.717) is 0 Å². The minimum Gasteiger partial charge on any atom is -0.493 e. The normalized spacial score (nSPS) is 11.0. The first-order chi connectivity index (χ1) is 12.7. The molecule has 0 N–H and O–H groups in total. The van der Waals surface area contributed by atoms with Crippen LogP contribution in [0.3, 0.4) is 0 Å². The highest BCUT2D eigenvalue weighted by molar-refractivity contribution is 7.68. The summed E-state index contributed by atoms with van der Waals surface area (Å²) in [6, 6.07) is 26.9. The maximum atomic E-state index is 6.55. The van der Waals surface area contributed by atoms with Gasteiger partial charge >= 0.3 is 0 Å². The van der Waals surface area contributed by atoms with Gasteiger partial charge in [-0.2, -0.15) is 0 Å². The molecule has 134 valence electrons. The molecule has 26 heavy (non-hydrogen) atoms. The smallest absolute Gasteiger partial charge is 0.166 e. The maximum Gasteiger partial charge on any atom is 0.166 e. The Morgan fingerprint density at radius 3 is 1.85 bits per heavy atom. The molecule has 0 radical (unpaired) electrons. The van der Waals surface area contributed by atoms with E-state index in [4.69, 9.17) is 9.26 Å². The molecule has 3 aromatic carbocycles. The molecule has 0 heterocycles. The third-order valence-electron chi connectivity index (χ3n) is 3.90. The minimum absolute atomic E-state index is 0.756. The molecule has 4 heteroatoms. The molecule has 3 nitrogen and oxygen atoms in total. The van der Waals surface area contributed by atoms with Gasteiger partial charge in [-0.1, -0.05) is 66.7 Å². The van der Waals surface area contributed by atoms with Crippen molar-refractivity contribution in [1.29, 1.82) is 0 Å². The number of methoxy groups -OCH3 is 1. The molecule has 0 saturated heterocycles. The second-order valence-corrected chi connectivity index (χ2v) is 8.08. The Kier molecular flexibility index (Phi) is 6.27. The summed E-state index contributed by atoms with van der Waals surface area (Å²) >= 11 is 0. The molecular weight excluding hydrogens is 341 g/mol. The molecule has 0 bridgehead atoms. The van der Waals surface area contributed by atoms with Gasteiger partial charge < -0.3 is 14.2 Å². The number of nitrogens with zero attached hydrogens (tertiary/aromatic N) is 1. The van der Waals surface area contributed by atoms with E-state index in [1.54, 1.807) is 7.11 Å². The van der Waals surface area contributed by atoms with Crippen LogP contribution in [0.25, 0.3) is 0 Å². The average Bonchev–Trinajstić information content (AvgIpc) is 2.67. The van der Waals surface area contributed by atoms with E-state index >= 15 is 0 Å². The van der Waals surface area contributed by atoms with Gasteiger partial charge in [-0.15, -0.1) is 0 Å². The van der Waals surface area contributed by atoms with Gasteiger partial charge in [0.25, 0.3) is 0 Å². The van der Waals surface area contributed by atoms with Crippen molar-refractivity contribution in [2.24, 2.45) is 0 Å². The van der Waals surface area contributed by atoms with Gasteiger partial charge in [0.05, 0.1) is 7.11 Å². The second kappa shape index (κ2) is 8.84. The third-order valence-corrected chi connectivity index (χ3v) is 5.81. The van der Waals surface area contributed by atoms with Crippen molar-refractivity contribution in [2.75, 3.05) is 21.2 Å². The van der Waals surface area contributed by atoms with E-state index in [1.807, 2.05) is 18.2 Å². The lowest BCUT2D eigenvalue weighted by Crippen LogP contribution is -2.16. The van der Waals surface area contributed by atoms with Crippen molar-refractivity contribution in [3.05, 3.63) is 84.4 Å². The largest absolute Gasteiger partial charge is 0.493 e. The predicted octanol–water partition coefficient (Wildman–Crippen LogP) is 4.18. The average molecular weight is 365 g/mol. The predicted molar refractivity (Wildman–Crippen MR) is 110 cm³/mol. The standard InChI is InChI=1S/C22H24NO2P/c1-23(2)17-18-14-15-21(24-3)22(16-18)25-26(19-10-6-4-7-11-19)20-12-8-5-9-13-20/h4-16H,17H2,1-3H3. The third kappa shape index (κ3) is 4.63. The lowest BCUT2D eigenvalue weighted by molar-refractivity contribution is 0.391. The first-order valence-electron chi connectivity index (χ1n) is 8.57. The van der Waals surface area contributed by atoms with Gasteiger partial charge in [0.2, 0.25) is 0 Å². The Morgan fingerprint density at radius 2 is 1.35 bits per heavy atom. The van der Waals surface area contributed by atoms with E-state index in [9.17, 15) is 0 Å². The van der Waals surface area contributed by atoms with Crippen LogP contribution in [0.4, 0.5) is 0 Å². The van der Waals surface area contributed by atoms with Crippen LogP contribution in [0.1, 0.15) is 5.56 Å². The van der Waals surface area contributed by atoms with Crippen molar-refractivity contribution in [2.45, 2.75) is 6.54 Å². The first kappa shape index (κ1) is 18.4. The number of benzene rings is 3. The Labute approximate surface area is 157 Å². The van der Waals surface area contributed by atoms with Gasteiger partial charge in [0, 0.05) is 17.2 Å². The van der Waals surface area contributed by atoms with Gasteiger partial charge in [-0.25, -0.2) is 0 Å². The van der Waals surface area contributed by atoms with Gasteiger partial charge in [-0.05, 0) is 31.8 Å². The molecule has 0 atom stereocenters. The highest BCUT2D eigenvalue weighted by atomic mass is 31.1. The summed E-state index contributed by atoms with van der Waals surface area (Å²) in [6.07, 6.45) is 0. The summed E-state index contributed by atoms with van der Waals surface area (Å²) in [7, 11) is 4.83. The van der Waals surface area contributed by atoms with E-state index in [-0.39, 0.29) is 0 Å². The van der Waals surface area contributed by atoms with Crippen molar-refractivity contribution in [1.82, 2.24) is 4.90 Å². The van der Waals surface area contributed by atoms with Crippen LogP contribution < -0.4 is 19.9 Å². The van der Waals surface area contributed by atoms with Crippen molar-refractivity contribution < 1.29 is 9.26 Å². The lowest BCUT2D eigenvalue weighted by atomic mass is 10.2. The summed E-state index contributed by atoms with van der Waals surface area (Å²) in [4.78, 5) is 2.14. The zero-order valence-electron chi connectivity index (χ0n) is 15.4. The van der Waals surface area contributed by atoms with E-state index in [2.05, 4.69) is 79.7 Å². The monoisotopic (exact) mass is 365 g/mol. The maximum absolute atomic E-state index is 6.55. The molecule has 0 amide bonds. The molecule has 0 aromatic heterocycles. The molecule has 3 aromatic rings. The fourth-order valence-corrected chi connectivity index (χ4v) is 4.47. The summed E-state index contributed by atoms with van der Waals surface area (Å²) in [5, 5.41) is 2.35. The van der Waals surface area contributed by atoms with Gasteiger partial charge in [-0.3, -0.25) is 0 Å². The van der Waals surface area contributed by atoms with Crippen LogP contribution in [0.2, 0.25) is 0 Å². The van der Waals surface area contributed by atoms with E-state index < -0.39 is 8.15 Å².